The van der Waals surface area contributed by atoms with E-state index in [1.54, 1.807) is 4.90 Å². The number of benzene rings is 3. The molecule has 3 aromatic carbocycles. The van der Waals surface area contributed by atoms with Crippen LogP contribution in [0.4, 0.5) is 11.4 Å². The summed E-state index contributed by atoms with van der Waals surface area (Å²) in [6.45, 7) is 7.70. The summed E-state index contributed by atoms with van der Waals surface area (Å²) in [4.78, 5) is 36.8. The lowest BCUT2D eigenvalue weighted by Gasteiger charge is -2.33. The van der Waals surface area contributed by atoms with Gasteiger partial charge < -0.3 is 4.74 Å². The van der Waals surface area contributed by atoms with Gasteiger partial charge in [-0.1, -0.05) is 61.5 Å². The monoisotopic (exact) mass is 507 g/mol. The largest absolute Gasteiger partial charge is 0.449 e. The molecular weight excluding hydrogens is 474 g/mol. The maximum atomic E-state index is 14.0. The number of pyridine rings is 1. The van der Waals surface area contributed by atoms with Crippen LogP contribution in [-0.2, 0) is 22.5 Å². The van der Waals surface area contributed by atoms with Gasteiger partial charge in [0, 0.05) is 53.6 Å². The van der Waals surface area contributed by atoms with E-state index in [0.717, 1.165) is 46.5 Å². The van der Waals surface area contributed by atoms with Gasteiger partial charge in [0.15, 0.2) is 6.10 Å². The van der Waals surface area contributed by atoms with Crippen LogP contribution in [0.5, 0.6) is 0 Å². The van der Waals surface area contributed by atoms with Crippen LogP contribution in [0, 0.1) is 0 Å². The van der Waals surface area contributed by atoms with E-state index in [0.29, 0.717) is 24.6 Å². The van der Waals surface area contributed by atoms with E-state index in [1.165, 1.54) is 0 Å². The number of rotatable bonds is 7. The van der Waals surface area contributed by atoms with E-state index in [9.17, 15) is 9.59 Å². The molecular formula is C32H33N3O3. The maximum absolute atomic E-state index is 14.0. The van der Waals surface area contributed by atoms with Crippen molar-refractivity contribution >= 4 is 34.2 Å². The Bertz CT molecular complexity index is 1400. The van der Waals surface area contributed by atoms with Crippen LogP contribution in [0.25, 0.3) is 10.9 Å². The van der Waals surface area contributed by atoms with Crippen molar-refractivity contribution in [1.29, 1.82) is 0 Å². The summed E-state index contributed by atoms with van der Waals surface area (Å²) in [5.41, 5.74) is 4.56. The van der Waals surface area contributed by atoms with Crippen LogP contribution in [-0.4, -0.2) is 40.5 Å². The number of anilines is 2. The molecule has 6 nitrogen and oxygen atoms in total. The Labute approximate surface area is 223 Å². The van der Waals surface area contributed by atoms with Gasteiger partial charge in [0.25, 0.3) is 5.91 Å². The maximum Gasteiger partial charge on any atom is 0.340 e. The number of aromatic nitrogens is 1. The molecule has 0 radical (unpaired) electrons. The fraction of sp³-hybridized carbons (Fsp3) is 0.281. The molecule has 1 aliphatic heterocycles. The first-order valence-corrected chi connectivity index (χ1v) is 13.3. The molecule has 5 rings (SSSR count). The van der Waals surface area contributed by atoms with Gasteiger partial charge in [0.2, 0.25) is 0 Å². The highest BCUT2D eigenvalue weighted by atomic mass is 16.5. The van der Waals surface area contributed by atoms with Crippen molar-refractivity contribution < 1.29 is 14.3 Å². The molecule has 0 saturated carbocycles. The minimum atomic E-state index is -0.949. The van der Waals surface area contributed by atoms with Crippen LogP contribution in [0.2, 0.25) is 0 Å². The van der Waals surface area contributed by atoms with Gasteiger partial charge in [-0.2, -0.15) is 0 Å². The zero-order valence-electron chi connectivity index (χ0n) is 22.1. The topological polar surface area (TPSA) is 62.7 Å². The summed E-state index contributed by atoms with van der Waals surface area (Å²) in [5, 5.41) is 0.757. The summed E-state index contributed by atoms with van der Waals surface area (Å²) in [7, 11) is 0. The third kappa shape index (κ3) is 5.04. The van der Waals surface area contributed by atoms with Crippen molar-refractivity contribution in [3.63, 3.8) is 0 Å². The predicted molar refractivity (Wildman–Crippen MR) is 151 cm³/mol. The number of esters is 1. The molecule has 6 heteroatoms. The molecule has 0 aliphatic carbocycles. The summed E-state index contributed by atoms with van der Waals surface area (Å²) in [6, 6.07) is 26.9. The molecule has 0 saturated heterocycles. The Hall–Kier alpha value is -4.03. The van der Waals surface area contributed by atoms with Gasteiger partial charge in [-0.3, -0.25) is 19.6 Å². The Balaban J connectivity index is 1.52. The number of hydrogen-bond acceptors (Lipinski definition) is 5. The van der Waals surface area contributed by atoms with Crippen molar-refractivity contribution in [3.05, 3.63) is 102 Å². The molecule has 1 aromatic heterocycles. The summed E-state index contributed by atoms with van der Waals surface area (Å²) in [5.74, 6) is -0.763. The van der Waals surface area contributed by atoms with Crippen LogP contribution in [0.1, 0.15) is 48.8 Å². The molecule has 194 valence electrons. The first-order chi connectivity index (χ1) is 18.5. The normalized spacial score (nSPS) is 14.2. The number of amides is 1. The Morgan fingerprint density at radius 3 is 2.13 bits per heavy atom. The minimum Gasteiger partial charge on any atom is -0.449 e. The fourth-order valence-corrected chi connectivity index (χ4v) is 5.08. The molecule has 4 aromatic rings. The molecule has 1 unspecified atom stereocenters. The van der Waals surface area contributed by atoms with E-state index in [1.807, 2.05) is 91.9 Å². The SMILES string of the molecule is CCC(OC(=O)c1c2c(nc3ccccc13)CCN(C(C)C)C2)C(=O)N(c1ccccc1)c1ccccc1. The second-order valence-electron chi connectivity index (χ2n) is 9.89. The van der Waals surface area contributed by atoms with Crippen molar-refractivity contribution in [2.24, 2.45) is 0 Å². The number of hydrogen-bond donors (Lipinski definition) is 0. The minimum absolute atomic E-state index is 0.283. The lowest BCUT2D eigenvalue weighted by Crippen LogP contribution is -2.40. The molecule has 1 atom stereocenters. The zero-order chi connectivity index (χ0) is 26.6. The number of carbonyl (C=O) groups excluding carboxylic acids is 2. The van der Waals surface area contributed by atoms with Crippen molar-refractivity contribution in [2.45, 2.75) is 52.3 Å². The second-order valence-corrected chi connectivity index (χ2v) is 9.89. The summed E-state index contributed by atoms with van der Waals surface area (Å²) >= 11 is 0. The molecule has 0 fully saturated rings. The quantitative estimate of drug-likeness (QED) is 0.275. The second kappa shape index (κ2) is 11.2. The molecule has 0 bridgehead atoms. The van der Waals surface area contributed by atoms with E-state index in [-0.39, 0.29) is 5.91 Å². The summed E-state index contributed by atoms with van der Waals surface area (Å²) < 4.78 is 6.06. The highest BCUT2D eigenvalue weighted by molar-refractivity contribution is 6.08. The van der Waals surface area contributed by atoms with Crippen LogP contribution in [0.15, 0.2) is 84.9 Å². The third-order valence-electron chi connectivity index (χ3n) is 7.16. The molecule has 2 heterocycles. The Morgan fingerprint density at radius 2 is 1.53 bits per heavy atom. The van der Waals surface area contributed by atoms with Crippen LogP contribution < -0.4 is 4.90 Å². The average molecular weight is 508 g/mol. The van der Waals surface area contributed by atoms with Gasteiger partial charge in [-0.15, -0.1) is 0 Å². The van der Waals surface area contributed by atoms with Crippen LogP contribution >= 0.6 is 0 Å². The van der Waals surface area contributed by atoms with Gasteiger partial charge >= 0.3 is 5.97 Å². The van der Waals surface area contributed by atoms with E-state index in [4.69, 9.17) is 9.72 Å². The molecule has 0 spiro atoms. The standard InChI is InChI=1S/C32H33N3O3/c1-4-29(31(36)35(23-13-7-5-8-14-23)24-15-9-6-10-16-24)38-32(37)30-25-17-11-12-18-27(25)33-28-19-20-34(22(2)3)21-26(28)30/h5-18,22,29H,4,19-21H2,1-3H3. The van der Waals surface area contributed by atoms with E-state index < -0.39 is 12.1 Å². The van der Waals surface area contributed by atoms with E-state index in [2.05, 4.69) is 18.7 Å². The number of fused-ring (bicyclic) bond motifs is 2. The van der Waals surface area contributed by atoms with Gasteiger partial charge in [-0.05, 0) is 50.6 Å². The Kier molecular flexibility index (Phi) is 7.52. The number of ether oxygens (including phenoxy) is 1. The first kappa shape index (κ1) is 25.6. The van der Waals surface area contributed by atoms with Crippen molar-refractivity contribution in [2.75, 3.05) is 11.4 Å². The predicted octanol–water partition coefficient (Wildman–Crippen LogP) is 6.30. The lowest BCUT2D eigenvalue weighted by molar-refractivity contribution is -0.126. The van der Waals surface area contributed by atoms with E-state index >= 15 is 0 Å². The lowest BCUT2D eigenvalue weighted by atomic mass is 9.95. The average Bonchev–Trinajstić information content (AvgIpc) is 2.95. The van der Waals surface area contributed by atoms with Gasteiger partial charge in [0.1, 0.15) is 0 Å². The summed E-state index contributed by atoms with van der Waals surface area (Å²) in [6.07, 6.45) is 0.171. The van der Waals surface area contributed by atoms with Gasteiger partial charge in [-0.25, -0.2) is 4.79 Å². The molecule has 1 amide bonds. The highest BCUT2D eigenvalue weighted by Crippen LogP contribution is 2.31. The number of nitrogens with zero attached hydrogens (tertiary/aromatic N) is 3. The van der Waals surface area contributed by atoms with Crippen molar-refractivity contribution in [3.8, 4) is 0 Å². The van der Waals surface area contributed by atoms with Gasteiger partial charge in [0.05, 0.1) is 11.1 Å². The number of carbonyl (C=O) groups is 2. The fourth-order valence-electron chi connectivity index (χ4n) is 5.08. The van der Waals surface area contributed by atoms with Crippen molar-refractivity contribution in [1.82, 2.24) is 9.88 Å². The Morgan fingerprint density at radius 1 is 0.921 bits per heavy atom. The third-order valence-corrected chi connectivity index (χ3v) is 7.16. The molecule has 1 aliphatic rings. The zero-order valence-corrected chi connectivity index (χ0v) is 22.1. The molecule has 38 heavy (non-hydrogen) atoms. The highest BCUT2D eigenvalue weighted by Gasteiger charge is 2.32. The first-order valence-electron chi connectivity index (χ1n) is 13.3. The smallest absolute Gasteiger partial charge is 0.340 e. The number of para-hydroxylation sites is 3. The molecule has 0 N–H and O–H groups in total. The van der Waals surface area contributed by atoms with Crippen LogP contribution in [0.3, 0.4) is 0 Å².